The molecule has 1 aromatic carbocycles. The van der Waals surface area contributed by atoms with E-state index in [1.807, 2.05) is 0 Å². The minimum atomic E-state index is -0.994. The monoisotopic (exact) mass is 224 g/mol. The summed E-state index contributed by atoms with van der Waals surface area (Å²) in [5.41, 5.74) is 0.821. The maximum atomic E-state index is 12.6. The number of halogens is 1. The van der Waals surface area contributed by atoms with Crippen LogP contribution in [0.3, 0.4) is 0 Å². The van der Waals surface area contributed by atoms with Crippen molar-refractivity contribution in [2.75, 3.05) is 7.11 Å². The Morgan fingerprint density at radius 3 is 2.62 bits per heavy atom. The van der Waals surface area contributed by atoms with Crippen LogP contribution in [-0.4, -0.2) is 24.3 Å². The number of rotatable bonds is 5. The fourth-order valence-corrected chi connectivity index (χ4v) is 1.20. The predicted molar refractivity (Wildman–Crippen MR) is 58.5 cm³/mol. The summed E-state index contributed by atoms with van der Waals surface area (Å²) in [5.74, 6) is -1.29. The molecule has 0 amide bonds. The van der Waals surface area contributed by atoms with Crippen LogP contribution in [0.1, 0.15) is 12.0 Å². The lowest BCUT2D eigenvalue weighted by Gasteiger charge is -2.06. The molecule has 0 saturated carbocycles. The predicted octanol–water partition coefficient (Wildman–Crippen LogP) is 2.33. The van der Waals surface area contributed by atoms with Gasteiger partial charge in [-0.05, 0) is 17.7 Å². The Morgan fingerprint density at radius 2 is 2.12 bits per heavy atom. The zero-order chi connectivity index (χ0) is 12.0. The first-order valence-corrected chi connectivity index (χ1v) is 4.81. The smallest absolute Gasteiger partial charge is 0.333 e. The first-order valence-electron chi connectivity index (χ1n) is 4.81. The number of benzene rings is 1. The molecule has 1 unspecified atom stereocenters. The van der Waals surface area contributed by atoms with Crippen LogP contribution in [-0.2, 0) is 9.53 Å². The molecule has 1 aromatic rings. The van der Waals surface area contributed by atoms with E-state index in [1.54, 1.807) is 24.3 Å². The van der Waals surface area contributed by atoms with Gasteiger partial charge < -0.3 is 9.84 Å². The molecule has 0 aliphatic carbocycles. The quantitative estimate of drug-likeness (QED) is 0.834. The minimum absolute atomic E-state index is 0.281. The van der Waals surface area contributed by atoms with Gasteiger partial charge in [-0.2, -0.15) is 0 Å². The van der Waals surface area contributed by atoms with Crippen molar-refractivity contribution in [2.24, 2.45) is 0 Å². The Bertz CT molecular complexity index is 370. The van der Waals surface area contributed by atoms with Gasteiger partial charge in [-0.1, -0.05) is 24.3 Å². The SMILES string of the molecule is COC(C/C=C/c1ccc(F)cc1)C(=O)O. The molecule has 1 rings (SSSR count). The van der Waals surface area contributed by atoms with E-state index in [9.17, 15) is 9.18 Å². The standard InChI is InChI=1S/C12H13FO3/c1-16-11(12(14)15)4-2-3-9-5-7-10(13)8-6-9/h2-3,5-8,11H,4H2,1H3,(H,14,15)/b3-2+. The van der Waals surface area contributed by atoms with Crippen LogP contribution in [0.2, 0.25) is 0 Å². The number of hydrogen-bond acceptors (Lipinski definition) is 2. The van der Waals surface area contributed by atoms with E-state index < -0.39 is 12.1 Å². The molecule has 0 heterocycles. The van der Waals surface area contributed by atoms with Crippen molar-refractivity contribution < 1.29 is 19.0 Å². The summed E-state index contributed by atoms with van der Waals surface area (Å²) in [6.45, 7) is 0. The van der Waals surface area contributed by atoms with Crippen molar-refractivity contribution in [3.05, 3.63) is 41.7 Å². The summed E-state index contributed by atoms with van der Waals surface area (Å²) < 4.78 is 17.3. The molecule has 0 saturated heterocycles. The van der Waals surface area contributed by atoms with Crippen LogP contribution in [0.25, 0.3) is 6.08 Å². The summed E-state index contributed by atoms with van der Waals surface area (Å²) in [4.78, 5) is 10.6. The Labute approximate surface area is 93.2 Å². The first kappa shape index (κ1) is 12.4. The largest absolute Gasteiger partial charge is 0.479 e. The van der Waals surface area contributed by atoms with Crippen molar-refractivity contribution in [3.8, 4) is 0 Å². The van der Waals surface area contributed by atoms with Crippen molar-refractivity contribution in [1.29, 1.82) is 0 Å². The van der Waals surface area contributed by atoms with Crippen molar-refractivity contribution in [1.82, 2.24) is 0 Å². The van der Waals surface area contributed by atoms with E-state index in [2.05, 4.69) is 0 Å². The fraction of sp³-hybridized carbons (Fsp3) is 0.250. The van der Waals surface area contributed by atoms with Gasteiger partial charge in [-0.15, -0.1) is 0 Å². The van der Waals surface area contributed by atoms with Gasteiger partial charge >= 0.3 is 5.97 Å². The van der Waals surface area contributed by atoms with Crippen LogP contribution < -0.4 is 0 Å². The molecule has 3 nitrogen and oxygen atoms in total. The molecule has 0 spiro atoms. The Balaban J connectivity index is 2.54. The van der Waals surface area contributed by atoms with Crippen molar-refractivity contribution >= 4 is 12.0 Å². The molecule has 16 heavy (non-hydrogen) atoms. The third-order valence-electron chi connectivity index (χ3n) is 2.09. The lowest BCUT2D eigenvalue weighted by Crippen LogP contribution is -2.21. The van der Waals surface area contributed by atoms with Gasteiger partial charge in [0.25, 0.3) is 0 Å². The first-order chi connectivity index (χ1) is 7.63. The third-order valence-corrected chi connectivity index (χ3v) is 2.09. The van der Waals surface area contributed by atoms with Gasteiger partial charge in [0.15, 0.2) is 6.10 Å². The third kappa shape index (κ3) is 3.82. The number of carbonyl (C=O) groups is 1. The molecular formula is C12H13FO3. The summed E-state index contributed by atoms with van der Waals surface area (Å²) in [7, 11) is 1.35. The van der Waals surface area contributed by atoms with Gasteiger partial charge in [0.1, 0.15) is 5.82 Å². The highest BCUT2D eigenvalue weighted by molar-refractivity contribution is 5.72. The molecule has 0 aliphatic rings. The number of hydrogen-bond donors (Lipinski definition) is 1. The fourth-order valence-electron chi connectivity index (χ4n) is 1.20. The van der Waals surface area contributed by atoms with E-state index in [0.717, 1.165) is 5.56 Å². The molecular weight excluding hydrogens is 211 g/mol. The zero-order valence-electron chi connectivity index (χ0n) is 8.89. The van der Waals surface area contributed by atoms with E-state index in [0.29, 0.717) is 0 Å². The second-order valence-electron chi connectivity index (χ2n) is 3.25. The summed E-state index contributed by atoms with van der Waals surface area (Å²) in [6.07, 6.45) is 2.87. The Morgan fingerprint density at radius 1 is 1.50 bits per heavy atom. The average Bonchev–Trinajstić information content (AvgIpc) is 2.26. The summed E-state index contributed by atoms with van der Waals surface area (Å²) >= 11 is 0. The van der Waals surface area contributed by atoms with E-state index in [-0.39, 0.29) is 12.2 Å². The van der Waals surface area contributed by atoms with Gasteiger partial charge in [0.05, 0.1) is 0 Å². The molecule has 0 radical (unpaired) electrons. The Kier molecular flexibility index (Phi) is 4.66. The molecule has 1 N–H and O–H groups in total. The van der Waals surface area contributed by atoms with Crippen molar-refractivity contribution in [3.63, 3.8) is 0 Å². The number of methoxy groups -OCH3 is 1. The maximum absolute atomic E-state index is 12.6. The number of carboxylic acid groups (broad SMARTS) is 1. The highest BCUT2D eigenvalue weighted by Gasteiger charge is 2.13. The van der Waals surface area contributed by atoms with Gasteiger partial charge in [-0.25, -0.2) is 9.18 Å². The topological polar surface area (TPSA) is 46.5 Å². The molecule has 4 heteroatoms. The maximum Gasteiger partial charge on any atom is 0.333 e. The minimum Gasteiger partial charge on any atom is -0.479 e. The molecule has 86 valence electrons. The second-order valence-corrected chi connectivity index (χ2v) is 3.25. The van der Waals surface area contributed by atoms with Crippen LogP contribution in [0.4, 0.5) is 4.39 Å². The van der Waals surface area contributed by atoms with E-state index >= 15 is 0 Å². The second kappa shape index (κ2) is 6.02. The zero-order valence-corrected chi connectivity index (χ0v) is 8.89. The van der Waals surface area contributed by atoms with E-state index in [4.69, 9.17) is 9.84 Å². The van der Waals surface area contributed by atoms with Crippen LogP contribution in [0.15, 0.2) is 30.3 Å². The number of aliphatic carboxylic acids is 1. The lowest BCUT2D eigenvalue weighted by atomic mass is 10.1. The molecule has 1 atom stereocenters. The lowest BCUT2D eigenvalue weighted by molar-refractivity contribution is -0.148. The van der Waals surface area contributed by atoms with Crippen LogP contribution in [0.5, 0.6) is 0 Å². The molecule has 0 aliphatic heterocycles. The molecule has 0 fully saturated rings. The van der Waals surface area contributed by atoms with Gasteiger partial charge in [0, 0.05) is 13.5 Å². The number of carboxylic acids is 1. The van der Waals surface area contributed by atoms with Gasteiger partial charge in [0.2, 0.25) is 0 Å². The van der Waals surface area contributed by atoms with Gasteiger partial charge in [-0.3, -0.25) is 0 Å². The highest BCUT2D eigenvalue weighted by Crippen LogP contribution is 2.07. The van der Waals surface area contributed by atoms with Crippen molar-refractivity contribution in [2.45, 2.75) is 12.5 Å². The highest BCUT2D eigenvalue weighted by atomic mass is 19.1. The molecule has 0 aromatic heterocycles. The number of ether oxygens (including phenoxy) is 1. The average molecular weight is 224 g/mol. The van der Waals surface area contributed by atoms with E-state index in [1.165, 1.54) is 19.2 Å². The van der Waals surface area contributed by atoms with Crippen LogP contribution >= 0.6 is 0 Å². The normalized spacial score (nSPS) is 12.9. The summed E-state index contributed by atoms with van der Waals surface area (Å²) in [5, 5.41) is 8.70. The molecule has 0 bridgehead atoms. The Hall–Kier alpha value is -1.68. The van der Waals surface area contributed by atoms with Crippen LogP contribution in [0, 0.1) is 5.82 Å². The summed E-state index contributed by atoms with van der Waals surface area (Å²) in [6, 6.07) is 5.94.